The van der Waals surface area contributed by atoms with Gasteiger partial charge in [0, 0.05) is 24.5 Å². The first-order valence-corrected chi connectivity index (χ1v) is 12.3. The van der Waals surface area contributed by atoms with E-state index in [2.05, 4.69) is 15.0 Å². The van der Waals surface area contributed by atoms with Crippen LogP contribution in [0.15, 0.2) is 42.7 Å². The average molecular weight is 476 g/mol. The minimum Gasteiger partial charge on any atom is -0.496 e. The van der Waals surface area contributed by atoms with Crippen LogP contribution in [0.1, 0.15) is 78.7 Å². The zero-order valence-corrected chi connectivity index (χ0v) is 22.8. The monoisotopic (exact) mass is 475 g/mol. The molecule has 0 spiro atoms. The highest BCUT2D eigenvalue weighted by molar-refractivity contribution is 5.65. The maximum atomic E-state index is 9.60. The maximum Gasteiger partial charge on any atom is 0.293 e. The molecule has 2 aromatic rings. The highest BCUT2D eigenvalue weighted by Gasteiger charge is 2.07. The van der Waals surface area contributed by atoms with Crippen LogP contribution in [0.5, 0.6) is 5.75 Å². The van der Waals surface area contributed by atoms with Gasteiger partial charge in [-0.3, -0.25) is 9.78 Å². The summed E-state index contributed by atoms with van der Waals surface area (Å²) in [7, 11) is 5.40. The molecule has 1 fully saturated rings. The summed E-state index contributed by atoms with van der Waals surface area (Å²) in [6, 6.07) is 9.96. The number of rotatable bonds is 4. The highest BCUT2D eigenvalue weighted by Crippen LogP contribution is 2.25. The molecule has 3 rings (SSSR count). The molecule has 0 bridgehead atoms. The summed E-state index contributed by atoms with van der Waals surface area (Å²) in [6.45, 7) is 10.4. The Labute approximate surface area is 208 Å². The molecule has 1 aromatic carbocycles. The fourth-order valence-electron chi connectivity index (χ4n) is 2.87. The molecule has 3 N–H and O–H groups in total. The molecular formula is C28H49N3O3. The van der Waals surface area contributed by atoms with Gasteiger partial charge in [-0.05, 0) is 70.3 Å². The molecule has 1 saturated carbocycles. The van der Waals surface area contributed by atoms with Gasteiger partial charge in [0.2, 0.25) is 0 Å². The number of aromatic nitrogens is 1. The van der Waals surface area contributed by atoms with E-state index in [1.54, 1.807) is 19.5 Å². The quantitative estimate of drug-likeness (QED) is 0.499. The van der Waals surface area contributed by atoms with Crippen molar-refractivity contribution in [2.24, 2.45) is 5.73 Å². The normalized spacial score (nSPS) is 11.9. The van der Waals surface area contributed by atoms with Crippen molar-refractivity contribution in [3.63, 3.8) is 0 Å². The Hall–Kier alpha value is -2.44. The minimum absolute atomic E-state index is 0.318. The highest BCUT2D eigenvalue weighted by atomic mass is 16.5. The smallest absolute Gasteiger partial charge is 0.293 e. The number of ether oxygens (including phenoxy) is 2. The molecule has 194 valence electrons. The first-order valence-electron chi connectivity index (χ1n) is 12.3. The van der Waals surface area contributed by atoms with E-state index in [0.29, 0.717) is 13.0 Å². The Morgan fingerprint density at radius 2 is 1.41 bits per heavy atom. The van der Waals surface area contributed by atoms with E-state index in [-0.39, 0.29) is 5.60 Å². The molecular weight excluding hydrogens is 426 g/mol. The summed E-state index contributed by atoms with van der Waals surface area (Å²) < 4.78 is 9.78. The number of carbonyl (C=O) groups excluding carboxylic acids is 1. The van der Waals surface area contributed by atoms with E-state index in [1.165, 1.54) is 38.5 Å². The number of hydrogen-bond donors (Lipinski definition) is 2. The van der Waals surface area contributed by atoms with Gasteiger partial charge >= 0.3 is 0 Å². The summed E-state index contributed by atoms with van der Waals surface area (Å²) >= 11 is 0. The zero-order valence-electron chi connectivity index (χ0n) is 22.8. The van der Waals surface area contributed by atoms with E-state index >= 15 is 0 Å². The Morgan fingerprint density at radius 3 is 1.74 bits per heavy atom. The van der Waals surface area contributed by atoms with E-state index in [9.17, 15) is 4.79 Å². The lowest BCUT2D eigenvalue weighted by Gasteiger charge is -2.14. The van der Waals surface area contributed by atoms with Gasteiger partial charge in [0.1, 0.15) is 11.4 Å². The van der Waals surface area contributed by atoms with Gasteiger partial charge in [0.25, 0.3) is 6.47 Å². The molecule has 1 aliphatic carbocycles. The van der Waals surface area contributed by atoms with Gasteiger partial charge in [-0.25, -0.2) is 0 Å². The molecule has 0 unspecified atom stereocenters. The number of carbonyl (C=O) groups is 1. The fraction of sp³-hybridized carbons (Fsp3) is 0.571. The molecule has 6 heteroatoms. The first kappa shape index (κ1) is 33.7. The van der Waals surface area contributed by atoms with E-state index < -0.39 is 0 Å². The van der Waals surface area contributed by atoms with Crippen molar-refractivity contribution in [1.82, 2.24) is 10.3 Å². The number of methoxy groups -OCH3 is 1. The number of pyridine rings is 1. The second-order valence-corrected chi connectivity index (χ2v) is 8.41. The minimum atomic E-state index is -0.318. The van der Waals surface area contributed by atoms with E-state index in [0.717, 1.165) is 22.4 Å². The van der Waals surface area contributed by atoms with Crippen LogP contribution in [-0.2, 0) is 16.1 Å². The summed E-state index contributed by atoms with van der Waals surface area (Å²) in [4.78, 5) is 13.6. The first-order chi connectivity index (χ1) is 16.3. The SMILES string of the molecule is C1CCCCC1.CC.CC(C)(C)OC=O.CNC.COc1ccc(-c2ccncc2)cc1CN. The van der Waals surface area contributed by atoms with Crippen LogP contribution in [0.25, 0.3) is 11.1 Å². The lowest BCUT2D eigenvalue weighted by Crippen LogP contribution is -2.17. The number of nitrogens with zero attached hydrogens (tertiary/aromatic N) is 1. The lowest BCUT2D eigenvalue weighted by atomic mass is 10.0. The Bertz CT molecular complexity index is 701. The summed E-state index contributed by atoms with van der Waals surface area (Å²) in [6.07, 6.45) is 12.6. The van der Waals surface area contributed by atoms with E-state index in [4.69, 9.17) is 10.5 Å². The standard InChI is InChI=1S/C13H14N2O.C6H12.C5H10O2.C2H7N.C2H6/c1-16-13-3-2-11(8-12(13)9-14)10-4-6-15-7-5-10;1-2-4-6-5-3-1;1-5(2,3)7-4-6;1-3-2;1-2/h2-8H,9,14H2,1H3;1-6H2;4H,1-3H3;3H,1-2H3;1-2H3. The van der Waals surface area contributed by atoms with Crippen molar-refractivity contribution >= 4 is 6.47 Å². The van der Waals surface area contributed by atoms with Crippen LogP contribution in [0.4, 0.5) is 0 Å². The van der Waals surface area contributed by atoms with Gasteiger partial charge in [-0.2, -0.15) is 0 Å². The van der Waals surface area contributed by atoms with Crippen LogP contribution in [0.2, 0.25) is 0 Å². The van der Waals surface area contributed by atoms with Crippen molar-refractivity contribution in [3.8, 4) is 16.9 Å². The molecule has 0 atom stereocenters. The molecule has 0 amide bonds. The number of nitrogens with two attached hydrogens (primary N) is 1. The van der Waals surface area contributed by atoms with Crippen molar-refractivity contribution in [2.45, 2.75) is 85.3 Å². The van der Waals surface area contributed by atoms with Crippen LogP contribution in [0, 0.1) is 0 Å². The molecule has 1 aliphatic rings. The second-order valence-electron chi connectivity index (χ2n) is 8.41. The summed E-state index contributed by atoms with van der Waals surface area (Å²) in [5.74, 6) is 0.834. The molecule has 0 saturated heterocycles. The predicted molar refractivity (Wildman–Crippen MR) is 145 cm³/mol. The van der Waals surface area contributed by atoms with Crippen molar-refractivity contribution in [2.75, 3.05) is 21.2 Å². The largest absolute Gasteiger partial charge is 0.496 e. The van der Waals surface area contributed by atoms with Gasteiger partial charge in [-0.1, -0.05) is 58.4 Å². The third-order valence-corrected chi connectivity index (χ3v) is 4.42. The zero-order chi connectivity index (χ0) is 26.2. The summed E-state index contributed by atoms with van der Waals surface area (Å²) in [5, 5.41) is 2.75. The predicted octanol–water partition coefficient (Wildman–Crippen LogP) is 6.38. The van der Waals surface area contributed by atoms with Gasteiger partial charge in [0.15, 0.2) is 0 Å². The number of hydrogen-bond acceptors (Lipinski definition) is 6. The Balaban J connectivity index is 0. The van der Waals surface area contributed by atoms with Crippen LogP contribution in [-0.4, -0.2) is 38.3 Å². The van der Waals surface area contributed by atoms with Gasteiger partial charge in [-0.15, -0.1) is 0 Å². The van der Waals surface area contributed by atoms with Crippen LogP contribution in [0.3, 0.4) is 0 Å². The van der Waals surface area contributed by atoms with Crippen molar-refractivity contribution in [1.29, 1.82) is 0 Å². The molecule has 1 heterocycles. The molecule has 1 aromatic heterocycles. The molecule has 0 aliphatic heterocycles. The maximum absolute atomic E-state index is 9.60. The summed E-state index contributed by atoms with van der Waals surface area (Å²) in [5.41, 5.74) is 8.63. The van der Waals surface area contributed by atoms with Crippen molar-refractivity contribution < 1.29 is 14.3 Å². The number of nitrogens with one attached hydrogen (secondary N) is 1. The molecule has 6 nitrogen and oxygen atoms in total. The molecule has 34 heavy (non-hydrogen) atoms. The van der Waals surface area contributed by atoms with Crippen molar-refractivity contribution in [3.05, 3.63) is 48.3 Å². The second kappa shape index (κ2) is 22.4. The topological polar surface area (TPSA) is 86.5 Å². The van der Waals surface area contributed by atoms with Crippen LogP contribution >= 0.6 is 0 Å². The Kier molecular flexibility index (Phi) is 22.2. The lowest BCUT2D eigenvalue weighted by molar-refractivity contribution is -0.138. The third-order valence-electron chi connectivity index (χ3n) is 4.42. The number of benzene rings is 1. The van der Waals surface area contributed by atoms with E-state index in [1.807, 2.05) is 79.0 Å². The fourth-order valence-corrected chi connectivity index (χ4v) is 2.87. The van der Waals surface area contributed by atoms with Gasteiger partial charge in [0.05, 0.1) is 7.11 Å². The van der Waals surface area contributed by atoms with Gasteiger partial charge < -0.3 is 20.5 Å². The third kappa shape index (κ3) is 18.0. The molecule has 0 radical (unpaired) electrons. The average Bonchev–Trinajstić information content (AvgIpc) is 2.87. The Morgan fingerprint density at radius 1 is 0.941 bits per heavy atom. The van der Waals surface area contributed by atoms with Crippen LogP contribution < -0.4 is 15.8 Å².